The Morgan fingerprint density at radius 1 is 1.55 bits per heavy atom. The predicted molar refractivity (Wildman–Crippen MR) is 44.7 cm³/mol. The average molecular weight is 167 g/mol. The highest BCUT2D eigenvalue weighted by molar-refractivity contribution is 7.21. The van der Waals surface area contributed by atoms with Crippen LogP contribution in [0.25, 0.3) is 10.3 Å². The number of pyridine rings is 1. The second kappa shape index (κ2) is 2.06. The molecule has 2 rings (SSSR count). The molecule has 0 atom stereocenters. The van der Waals surface area contributed by atoms with Gasteiger partial charge in [-0.2, -0.15) is 0 Å². The number of nitrogens with zero attached hydrogens (tertiary/aromatic N) is 1. The van der Waals surface area contributed by atoms with E-state index in [1.807, 2.05) is 0 Å². The number of hydrogen-bond donors (Lipinski definition) is 2. The van der Waals surface area contributed by atoms with Gasteiger partial charge in [0.2, 0.25) is 5.56 Å². The van der Waals surface area contributed by atoms with E-state index in [0.717, 1.165) is 4.70 Å². The van der Waals surface area contributed by atoms with Gasteiger partial charge in [-0.3, -0.25) is 4.79 Å². The number of hydrogen-bond acceptors (Lipinski definition) is 4. The third-order valence-corrected chi connectivity index (χ3v) is 2.15. The van der Waals surface area contributed by atoms with E-state index in [1.165, 1.54) is 17.4 Å². The molecule has 2 aromatic heterocycles. The topological polar surface area (TPSA) is 71.8 Å². The van der Waals surface area contributed by atoms with Gasteiger partial charge in [0, 0.05) is 6.07 Å². The third-order valence-electron chi connectivity index (χ3n) is 1.30. The van der Waals surface area contributed by atoms with Gasteiger partial charge in [0.1, 0.15) is 0 Å². The SMILES string of the molecule is Nc1nc2[nH]c(=O)ccc2s1. The minimum atomic E-state index is -0.150. The van der Waals surface area contributed by atoms with Crippen molar-refractivity contribution in [2.75, 3.05) is 5.73 Å². The number of H-pyrrole nitrogens is 1. The van der Waals surface area contributed by atoms with Crippen LogP contribution in [0, 0.1) is 0 Å². The third kappa shape index (κ3) is 0.988. The maximum atomic E-state index is 10.8. The van der Waals surface area contributed by atoms with Crippen LogP contribution in [-0.4, -0.2) is 9.97 Å². The Bertz CT molecular complexity index is 444. The highest BCUT2D eigenvalue weighted by atomic mass is 32.1. The minimum Gasteiger partial charge on any atom is -0.375 e. The summed E-state index contributed by atoms with van der Waals surface area (Å²) in [5, 5.41) is 0.474. The number of nitrogens with one attached hydrogen (secondary N) is 1. The lowest BCUT2D eigenvalue weighted by Crippen LogP contribution is -2.01. The lowest BCUT2D eigenvalue weighted by atomic mass is 10.5. The Balaban J connectivity index is 2.92. The molecule has 5 heteroatoms. The summed E-state index contributed by atoms with van der Waals surface area (Å²) in [6.07, 6.45) is 0. The van der Waals surface area contributed by atoms with Gasteiger partial charge in [-0.05, 0) is 6.07 Å². The zero-order chi connectivity index (χ0) is 7.84. The number of aromatic amines is 1. The number of fused-ring (bicyclic) bond motifs is 1. The van der Waals surface area contributed by atoms with Crippen molar-refractivity contribution in [2.24, 2.45) is 0 Å². The van der Waals surface area contributed by atoms with Gasteiger partial charge in [-0.1, -0.05) is 11.3 Å². The molecule has 0 spiro atoms. The number of rotatable bonds is 0. The molecule has 0 aliphatic heterocycles. The standard InChI is InChI=1S/C6H5N3OS/c7-6-9-5-3(11-6)1-2-4(10)8-5/h1-2H,(H3,7,8,9,10). The first-order chi connectivity index (χ1) is 5.25. The first-order valence-corrected chi connectivity index (χ1v) is 3.83. The molecule has 56 valence electrons. The molecule has 0 aliphatic rings. The van der Waals surface area contributed by atoms with Gasteiger partial charge in [0.05, 0.1) is 4.70 Å². The molecule has 0 unspecified atom stereocenters. The first-order valence-electron chi connectivity index (χ1n) is 3.01. The summed E-state index contributed by atoms with van der Waals surface area (Å²) in [6, 6.07) is 3.17. The molecule has 2 heterocycles. The highest BCUT2D eigenvalue weighted by Crippen LogP contribution is 2.19. The molecule has 0 amide bonds. The van der Waals surface area contributed by atoms with Crippen LogP contribution in [0.4, 0.5) is 5.13 Å². The fraction of sp³-hybridized carbons (Fsp3) is 0. The molecular weight excluding hydrogens is 162 g/mol. The van der Waals surface area contributed by atoms with Crippen LogP contribution in [0.15, 0.2) is 16.9 Å². The van der Waals surface area contributed by atoms with Crippen LogP contribution in [0.2, 0.25) is 0 Å². The van der Waals surface area contributed by atoms with Crippen molar-refractivity contribution < 1.29 is 0 Å². The van der Waals surface area contributed by atoms with E-state index in [2.05, 4.69) is 9.97 Å². The molecule has 0 saturated carbocycles. The summed E-state index contributed by atoms with van der Waals surface area (Å²) in [6.45, 7) is 0. The van der Waals surface area contributed by atoms with Gasteiger partial charge in [-0.15, -0.1) is 0 Å². The maximum absolute atomic E-state index is 10.8. The molecule has 3 N–H and O–H groups in total. The van der Waals surface area contributed by atoms with E-state index in [9.17, 15) is 4.79 Å². The van der Waals surface area contributed by atoms with Crippen molar-refractivity contribution in [3.05, 3.63) is 22.5 Å². The molecule has 11 heavy (non-hydrogen) atoms. The largest absolute Gasteiger partial charge is 0.375 e. The fourth-order valence-corrected chi connectivity index (χ4v) is 1.55. The van der Waals surface area contributed by atoms with E-state index in [1.54, 1.807) is 6.07 Å². The average Bonchev–Trinajstić information content (AvgIpc) is 2.27. The summed E-state index contributed by atoms with van der Waals surface area (Å²) in [4.78, 5) is 17.2. The summed E-state index contributed by atoms with van der Waals surface area (Å²) < 4.78 is 0.905. The van der Waals surface area contributed by atoms with Crippen LogP contribution in [0.1, 0.15) is 0 Å². The fourth-order valence-electron chi connectivity index (χ4n) is 0.861. The highest BCUT2D eigenvalue weighted by Gasteiger charge is 1.99. The monoisotopic (exact) mass is 167 g/mol. The van der Waals surface area contributed by atoms with Crippen molar-refractivity contribution in [2.45, 2.75) is 0 Å². The normalized spacial score (nSPS) is 10.5. The number of aromatic nitrogens is 2. The van der Waals surface area contributed by atoms with E-state index in [-0.39, 0.29) is 5.56 Å². The Morgan fingerprint density at radius 3 is 3.18 bits per heavy atom. The smallest absolute Gasteiger partial charge is 0.249 e. The molecule has 0 bridgehead atoms. The van der Waals surface area contributed by atoms with Gasteiger partial charge >= 0.3 is 0 Å². The summed E-state index contributed by atoms with van der Waals surface area (Å²) in [5.41, 5.74) is 5.85. The van der Waals surface area contributed by atoms with Gasteiger partial charge < -0.3 is 10.7 Å². The maximum Gasteiger partial charge on any atom is 0.249 e. The molecular formula is C6H5N3OS. The summed E-state index contributed by atoms with van der Waals surface area (Å²) in [7, 11) is 0. The molecule has 4 nitrogen and oxygen atoms in total. The van der Waals surface area contributed by atoms with E-state index in [0.29, 0.717) is 10.8 Å². The van der Waals surface area contributed by atoms with Gasteiger partial charge in [0.15, 0.2) is 10.8 Å². The number of thiazole rings is 1. The molecule has 0 saturated heterocycles. The lowest BCUT2D eigenvalue weighted by Gasteiger charge is -1.82. The zero-order valence-electron chi connectivity index (χ0n) is 5.50. The quantitative estimate of drug-likeness (QED) is 0.602. The van der Waals surface area contributed by atoms with Crippen molar-refractivity contribution >= 4 is 26.8 Å². The first kappa shape index (κ1) is 6.36. The van der Waals surface area contributed by atoms with Crippen molar-refractivity contribution in [1.29, 1.82) is 0 Å². The van der Waals surface area contributed by atoms with Gasteiger partial charge in [0.25, 0.3) is 0 Å². The molecule has 0 aromatic carbocycles. The van der Waals surface area contributed by atoms with Crippen LogP contribution >= 0.6 is 11.3 Å². The number of nitrogens with two attached hydrogens (primary N) is 1. The predicted octanol–water partition coefficient (Wildman–Crippen LogP) is 0.567. The van der Waals surface area contributed by atoms with E-state index >= 15 is 0 Å². The molecule has 0 aliphatic carbocycles. The van der Waals surface area contributed by atoms with Crippen molar-refractivity contribution in [1.82, 2.24) is 9.97 Å². The lowest BCUT2D eigenvalue weighted by molar-refractivity contribution is 1.26. The van der Waals surface area contributed by atoms with E-state index < -0.39 is 0 Å². The van der Waals surface area contributed by atoms with Crippen LogP contribution in [0.3, 0.4) is 0 Å². The Hall–Kier alpha value is -1.36. The Kier molecular flexibility index (Phi) is 1.19. The van der Waals surface area contributed by atoms with Crippen LogP contribution < -0.4 is 11.3 Å². The number of nitrogen functional groups attached to an aromatic ring is 1. The Morgan fingerprint density at radius 2 is 2.36 bits per heavy atom. The van der Waals surface area contributed by atoms with E-state index in [4.69, 9.17) is 5.73 Å². The second-order valence-corrected chi connectivity index (χ2v) is 3.15. The number of anilines is 1. The van der Waals surface area contributed by atoms with Crippen LogP contribution in [-0.2, 0) is 0 Å². The van der Waals surface area contributed by atoms with Crippen molar-refractivity contribution in [3.63, 3.8) is 0 Å². The Labute approximate surface area is 65.7 Å². The molecule has 0 fully saturated rings. The molecule has 0 radical (unpaired) electrons. The summed E-state index contributed by atoms with van der Waals surface area (Å²) >= 11 is 1.36. The van der Waals surface area contributed by atoms with Crippen molar-refractivity contribution in [3.8, 4) is 0 Å². The minimum absolute atomic E-state index is 0.150. The summed E-state index contributed by atoms with van der Waals surface area (Å²) in [5.74, 6) is 0. The zero-order valence-corrected chi connectivity index (χ0v) is 6.31. The van der Waals surface area contributed by atoms with Crippen LogP contribution in [0.5, 0.6) is 0 Å². The van der Waals surface area contributed by atoms with Gasteiger partial charge in [-0.25, -0.2) is 4.98 Å². The molecule has 2 aromatic rings. The second-order valence-electron chi connectivity index (χ2n) is 2.09.